The molecule has 0 unspecified atom stereocenters. The minimum Gasteiger partial charge on any atom is -0.247 e. The maximum Gasteiger partial charge on any atom is 0.129 e. The van der Waals surface area contributed by atoms with Gasteiger partial charge in [0, 0.05) is 5.56 Å². The molecule has 0 aliphatic heterocycles. The SMILES string of the molecule is Cc1c(F)cc(-c2ccc(C3CCC(F)CC3)cc2)cc1F. The van der Waals surface area contributed by atoms with Gasteiger partial charge in [-0.2, -0.15) is 0 Å². The Morgan fingerprint density at radius 2 is 1.36 bits per heavy atom. The number of benzene rings is 2. The van der Waals surface area contributed by atoms with Gasteiger partial charge in [-0.1, -0.05) is 24.3 Å². The Morgan fingerprint density at radius 1 is 0.818 bits per heavy atom. The molecule has 3 rings (SSSR count). The van der Waals surface area contributed by atoms with Crippen LogP contribution in [0, 0.1) is 18.6 Å². The van der Waals surface area contributed by atoms with Crippen LogP contribution in [0.15, 0.2) is 36.4 Å². The third-order valence-electron chi connectivity index (χ3n) is 4.65. The molecule has 0 bridgehead atoms. The zero-order chi connectivity index (χ0) is 15.7. The average molecular weight is 304 g/mol. The first-order chi connectivity index (χ1) is 10.5. The number of halogens is 3. The minimum atomic E-state index is -0.658. The summed E-state index contributed by atoms with van der Waals surface area (Å²) in [5.41, 5.74) is 2.56. The molecule has 22 heavy (non-hydrogen) atoms. The molecular formula is C19H19F3. The van der Waals surface area contributed by atoms with Gasteiger partial charge in [-0.05, 0) is 67.3 Å². The molecule has 1 aliphatic carbocycles. The van der Waals surface area contributed by atoms with E-state index in [0.717, 1.165) is 18.4 Å². The normalized spacial score (nSPS) is 21.8. The number of hydrogen-bond donors (Lipinski definition) is 0. The van der Waals surface area contributed by atoms with Crippen molar-refractivity contribution in [1.29, 1.82) is 0 Å². The lowest BCUT2D eigenvalue weighted by molar-refractivity contribution is 0.235. The van der Waals surface area contributed by atoms with Crippen LogP contribution in [0.3, 0.4) is 0 Å². The molecule has 0 spiro atoms. The number of rotatable bonds is 2. The van der Waals surface area contributed by atoms with E-state index >= 15 is 0 Å². The Kier molecular flexibility index (Phi) is 4.23. The summed E-state index contributed by atoms with van der Waals surface area (Å²) in [6.45, 7) is 1.43. The molecule has 0 atom stereocenters. The van der Waals surface area contributed by atoms with E-state index in [2.05, 4.69) is 0 Å². The summed E-state index contributed by atoms with van der Waals surface area (Å²) in [5, 5.41) is 0. The predicted octanol–water partition coefficient (Wildman–Crippen LogP) is 5.94. The zero-order valence-electron chi connectivity index (χ0n) is 12.6. The molecule has 0 radical (unpaired) electrons. The van der Waals surface area contributed by atoms with Gasteiger partial charge < -0.3 is 0 Å². The number of hydrogen-bond acceptors (Lipinski definition) is 0. The molecule has 1 fully saturated rings. The molecule has 0 saturated heterocycles. The lowest BCUT2D eigenvalue weighted by Gasteiger charge is -2.24. The highest BCUT2D eigenvalue weighted by Crippen LogP contribution is 2.35. The van der Waals surface area contributed by atoms with Crippen LogP contribution in [-0.2, 0) is 0 Å². The highest BCUT2D eigenvalue weighted by Gasteiger charge is 2.21. The molecule has 0 aromatic heterocycles. The van der Waals surface area contributed by atoms with Crippen LogP contribution in [0.1, 0.15) is 42.7 Å². The van der Waals surface area contributed by atoms with Crippen molar-refractivity contribution >= 4 is 0 Å². The van der Waals surface area contributed by atoms with E-state index in [-0.39, 0.29) is 5.56 Å². The van der Waals surface area contributed by atoms with E-state index in [4.69, 9.17) is 0 Å². The largest absolute Gasteiger partial charge is 0.247 e. The van der Waals surface area contributed by atoms with Gasteiger partial charge in [0.1, 0.15) is 17.8 Å². The third kappa shape index (κ3) is 3.03. The monoisotopic (exact) mass is 304 g/mol. The van der Waals surface area contributed by atoms with E-state index in [1.165, 1.54) is 24.6 Å². The molecule has 0 heterocycles. The third-order valence-corrected chi connectivity index (χ3v) is 4.65. The van der Waals surface area contributed by atoms with Crippen LogP contribution in [-0.4, -0.2) is 6.17 Å². The second kappa shape index (κ2) is 6.15. The van der Waals surface area contributed by atoms with E-state index in [0.29, 0.717) is 24.3 Å². The quantitative estimate of drug-likeness (QED) is 0.644. The molecule has 1 aliphatic rings. The zero-order valence-corrected chi connectivity index (χ0v) is 12.6. The molecule has 116 valence electrons. The van der Waals surface area contributed by atoms with Crippen molar-refractivity contribution in [3.8, 4) is 11.1 Å². The van der Waals surface area contributed by atoms with Gasteiger partial charge in [-0.3, -0.25) is 0 Å². The van der Waals surface area contributed by atoms with Crippen molar-refractivity contribution in [1.82, 2.24) is 0 Å². The first kappa shape index (κ1) is 15.1. The van der Waals surface area contributed by atoms with Gasteiger partial charge in [-0.25, -0.2) is 13.2 Å². The standard InChI is InChI=1S/C19H19F3/c1-12-18(21)10-16(11-19(12)22)15-4-2-13(3-5-15)14-6-8-17(20)9-7-14/h2-5,10-11,14,17H,6-9H2,1H3. The second-order valence-electron chi connectivity index (χ2n) is 6.14. The van der Waals surface area contributed by atoms with Crippen LogP contribution in [0.4, 0.5) is 13.2 Å². The van der Waals surface area contributed by atoms with Crippen LogP contribution in [0.2, 0.25) is 0 Å². The molecular weight excluding hydrogens is 285 g/mol. The fourth-order valence-electron chi connectivity index (χ4n) is 3.15. The highest BCUT2D eigenvalue weighted by molar-refractivity contribution is 5.64. The van der Waals surface area contributed by atoms with Gasteiger partial charge in [0.05, 0.1) is 0 Å². The average Bonchev–Trinajstić information content (AvgIpc) is 2.53. The van der Waals surface area contributed by atoms with Crippen LogP contribution in [0.25, 0.3) is 11.1 Å². The van der Waals surface area contributed by atoms with E-state index in [9.17, 15) is 13.2 Å². The molecule has 2 aromatic rings. The van der Waals surface area contributed by atoms with Crippen LogP contribution < -0.4 is 0 Å². The summed E-state index contributed by atoms with van der Waals surface area (Å²) in [4.78, 5) is 0. The van der Waals surface area contributed by atoms with Crippen molar-refractivity contribution in [2.45, 2.75) is 44.7 Å². The molecule has 0 amide bonds. The van der Waals surface area contributed by atoms with Crippen LogP contribution in [0.5, 0.6) is 0 Å². The summed E-state index contributed by atoms with van der Waals surface area (Å²) >= 11 is 0. The minimum absolute atomic E-state index is 0.0448. The molecule has 0 N–H and O–H groups in total. The van der Waals surface area contributed by atoms with Crippen molar-refractivity contribution in [3.63, 3.8) is 0 Å². The summed E-state index contributed by atoms with van der Waals surface area (Å²) in [6.07, 6.45) is 2.33. The topological polar surface area (TPSA) is 0 Å². The van der Waals surface area contributed by atoms with Gasteiger partial charge in [0.15, 0.2) is 0 Å². The first-order valence-corrected chi connectivity index (χ1v) is 7.74. The van der Waals surface area contributed by atoms with E-state index < -0.39 is 17.8 Å². The lowest BCUT2D eigenvalue weighted by atomic mass is 9.83. The van der Waals surface area contributed by atoms with Gasteiger partial charge in [-0.15, -0.1) is 0 Å². The molecule has 2 aromatic carbocycles. The van der Waals surface area contributed by atoms with E-state index in [1.54, 1.807) is 0 Å². The Bertz CT molecular complexity index is 630. The van der Waals surface area contributed by atoms with Crippen molar-refractivity contribution < 1.29 is 13.2 Å². The van der Waals surface area contributed by atoms with Gasteiger partial charge in [0.25, 0.3) is 0 Å². The predicted molar refractivity (Wildman–Crippen MR) is 82.6 cm³/mol. The van der Waals surface area contributed by atoms with Crippen molar-refractivity contribution in [3.05, 3.63) is 59.2 Å². The maximum absolute atomic E-state index is 13.7. The Morgan fingerprint density at radius 3 is 1.91 bits per heavy atom. The molecule has 1 saturated carbocycles. The summed E-state index contributed by atoms with van der Waals surface area (Å²) in [6, 6.07) is 10.5. The van der Waals surface area contributed by atoms with E-state index in [1.807, 2.05) is 24.3 Å². The Hall–Kier alpha value is -1.77. The Labute approximate surface area is 129 Å². The molecule has 0 nitrogen and oxygen atoms in total. The Balaban J connectivity index is 1.82. The van der Waals surface area contributed by atoms with Crippen molar-refractivity contribution in [2.24, 2.45) is 0 Å². The first-order valence-electron chi connectivity index (χ1n) is 7.74. The summed E-state index contributed by atoms with van der Waals surface area (Å²) in [5.74, 6) is -0.659. The highest BCUT2D eigenvalue weighted by atomic mass is 19.1. The van der Waals surface area contributed by atoms with Gasteiger partial charge >= 0.3 is 0 Å². The second-order valence-corrected chi connectivity index (χ2v) is 6.14. The lowest BCUT2D eigenvalue weighted by Crippen LogP contribution is -2.13. The van der Waals surface area contributed by atoms with Crippen LogP contribution >= 0.6 is 0 Å². The summed E-state index contributed by atoms with van der Waals surface area (Å²) in [7, 11) is 0. The van der Waals surface area contributed by atoms with Gasteiger partial charge in [0.2, 0.25) is 0 Å². The number of alkyl halides is 1. The smallest absolute Gasteiger partial charge is 0.129 e. The van der Waals surface area contributed by atoms with Crippen molar-refractivity contribution in [2.75, 3.05) is 0 Å². The maximum atomic E-state index is 13.7. The molecule has 3 heteroatoms. The summed E-state index contributed by atoms with van der Waals surface area (Å²) < 4.78 is 40.5. The fraction of sp³-hybridized carbons (Fsp3) is 0.368. The fourth-order valence-corrected chi connectivity index (χ4v) is 3.15.